The summed E-state index contributed by atoms with van der Waals surface area (Å²) in [6.07, 6.45) is -0.148. The second-order valence-electron chi connectivity index (χ2n) is 3.77. The summed E-state index contributed by atoms with van der Waals surface area (Å²) in [6, 6.07) is 7.21. The van der Waals surface area contributed by atoms with E-state index >= 15 is 0 Å². The molecule has 1 aliphatic heterocycles. The molecule has 5 heteroatoms. The zero-order valence-corrected chi connectivity index (χ0v) is 9.97. The van der Waals surface area contributed by atoms with Crippen molar-refractivity contribution in [2.45, 2.75) is 12.3 Å². The highest BCUT2D eigenvalue weighted by Gasteiger charge is 2.38. The van der Waals surface area contributed by atoms with Crippen molar-refractivity contribution < 1.29 is 8.78 Å². The van der Waals surface area contributed by atoms with Gasteiger partial charge in [0.1, 0.15) is 6.07 Å². The van der Waals surface area contributed by atoms with E-state index in [1.807, 2.05) is 6.07 Å². The smallest absolute Gasteiger partial charge is 0.266 e. The number of halogens is 3. The monoisotopic (exact) mass is 286 g/mol. The number of anilines is 1. The molecule has 1 aliphatic rings. The van der Waals surface area contributed by atoms with Crippen LogP contribution in [-0.2, 0) is 0 Å². The first kappa shape index (κ1) is 11.3. The molecule has 1 fully saturated rings. The van der Waals surface area contributed by atoms with Gasteiger partial charge in [0.05, 0.1) is 17.8 Å². The largest absolute Gasteiger partial charge is 0.364 e. The molecule has 0 saturated carbocycles. The van der Waals surface area contributed by atoms with Gasteiger partial charge < -0.3 is 4.90 Å². The van der Waals surface area contributed by atoms with E-state index in [2.05, 4.69) is 15.9 Å². The normalized spacial score (nSPS) is 18.5. The molecule has 2 nitrogen and oxygen atoms in total. The minimum Gasteiger partial charge on any atom is -0.364 e. The van der Waals surface area contributed by atoms with Crippen molar-refractivity contribution in [1.82, 2.24) is 0 Å². The molecule has 0 N–H and O–H groups in total. The lowest BCUT2D eigenvalue weighted by atomic mass is 10.2. The van der Waals surface area contributed by atoms with Gasteiger partial charge in [0, 0.05) is 17.4 Å². The Morgan fingerprint density at radius 3 is 2.75 bits per heavy atom. The third-order valence-corrected chi connectivity index (χ3v) is 3.27. The van der Waals surface area contributed by atoms with Gasteiger partial charge >= 0.3 is 0 Å². The van der Waals surface area contributed by atoms with Crippen LogP contribution in [0.25, 0.3) is 0 Å². The van der Waals surface area contributed by atoms with Crippen LogP contribution in [0.3, 0.4) is 0 Å². The van der Waals surface area contributed by atoms with E-state index in [0.29, 0.717) is 15.7 Å². The lowest BCUT2D eigenvalue weighted by Crippen LogP contribution is -2.25. The molecular formula is C11H9BrF2N2. The highest BCUT2D eigenvalue weighted by Crippen LogP contribution is 2.34. The van der Waals surface area contributed by atoms with E-state index in [1.165, 1.54) is 0 Å². The highest BCUT2D eigenvalue weighted by molar-refractivity contribution is 9.10. The topological polar surface area (TPSA) is 27.0 Å². The van der Waals surface area contributed by atoms with Gasteiger partial charge in [-0.2, -0.15) is 5.26 Å². The summed E-state index contributed by atoms with van der Waals surface area (Å²) < 4.78 is 26.8. The Labute approximate surface area is 101 Å². The average Bonchev–Trinajstić information content (AvgIpc) is 2.58. The van der Waals surface area contributed by atoms with E-state index in [0.717, 1.165) is 0 Å². The fraction of sp³-hybridized carbons (Fsp3) is 0.364. The molecule has 0 aliphatic carbocycles. The molecule has 16 heavy (non-hydrogen) atoms. The molecule has 0 spiro atoms. The first-order chi connectivity index (χ1) is 7.53. The SMILES string of the molecule is N#Cc1c(Br)cccc1N1CCC(F)(F)C1. The van der Waals surface area contributed by atoms with Crippen LogP contribution in [0.5, 0.6) is 0 Å². The fourth-order valence-corrected chi connectivity index (χ4v) is 2.27. The highest BCUT2D eigenvalue weighted by atomic mass is 79.9. The third kappa shape index (κ3) is 2.03. The third-order valence-electron chi connectivity index (χ3n) is 2.61. The van der Waals surface area contributed by atoms with Crippen molar-refractivity contribution in [3.63, 3.8) is 0 Å². The standard InChI is InChI=1S/C11H9BrF2N2/c12-9-2-1-3-10(8(9)6-15)16-5-4-11(13,14)7-16/h1-3H,4-5,7H2. The lowest BCUT2D eigenvalue weighted by Gasteiger charge is -2.19. The summed E-state index contributed by atoms with van der Waals surface area (Å²) in [6.45, 7) is -0.0176. The van der Waals surface area contributed by atoms with E-state index in [-0.39, 0.29) is 19.5 Å². The summed E-state index contributed by atoms with van der Waals surface area (Å²) in [5, 5.41) is 9.00. The number of nitriles is 1. The zero-order valence-electron chi connectivity index (χ0n) is 8.38. The van der Waals surface area contributed by atoms with Crippen LogP contribution in [0, 0.1) is 11.3 Å². The number of benzene rings is 1. The quantitative estimate of drug-likeness (QED) is 0.793. The molecule has 1 saturated heterocycles. The van der Waals surface area contributed by atoms with E-state index in [1.54, 1.807) is 23.1 Å². The average molecular weight is 287 g/mol. The number of rotatable bonds is 1. The molecule has 0 aromatic heterocycles. The molecule has 0 unspecified atom stereocenters. The van der Waals surface area contributed by atoms with Gasteiger partial charge in [0.2, 0.25) is 0 Å². The van der Waals surface area contributed by atoms with Crippen molar-refractivity contribution >= 4 is 21.6 Å². The Morgan fingerprint density at radius 1 is 1.44 bits per heavy atom. The molecule has 0 radical (unpaired) electrons. The molecule has 84 valence electrons. The predicted octanol–water partition coefficient (Wildman–Crippen LogP) is 3.17. The molecule has 0 amide bonds. The Bertz CT molecular complexity index is 454. The molecule has 0 atom stereocenters. The van der Waals surface area contributed by atoms with Gasteiger partial charge in [-0.1, -0.05) is 6.07 Å². The van der Waals surface area contributed by atoms with Crippen LogP contribution < -0.4 is 4.90 Å². The molecule has 0 bridgehead atoms. The first-order valence-corrected chi connectivity index (χ1v) is 5.64. The number of alkyl halides is 2. The fourth-order valence-electron chi connectivity index (χ4n) is 1.83. The number of nitrogens with zero attached hydrogens (tertiary/aromatic N) is 2. The van der Waals surface area contributed by atoms with Gasteiger partial charge in [-0.15, -0.1) is 0 Å². The zero-order chi connectivity index (χ0) is 11.8. The molecular weight excluding hydrogens is 278 g/mol. The first-order valence-electron chi connectivity index (χ1n) is 4.85. The van der Waals surface area contributed by atoms with E-state index in [4.69, 9.17) is 5.26 Å². The second kappa shape index (κ2) is 4.02. The summed E-state index contributed by atoms with van der Waals surface area (Å²) >= 11 is 3.25. The second-order valence-corrected chi connectivity index (χ2v) is 4.63. The Balaban J connectivity index is 2.36. The van der Waals surface area contributed by atoms with Gasteiger partial charge in [-0.3, -0.25) is 0 Å². The van der Waals surface area contributed by atoms with Crippen LogP contribution in [0.2, 0.25) is 0 Å². The Morgan fingerprint density at radius 2 is 2.19 bits per heavy atom. The maximum atomic E-state index is 13.1. The van der Waals surface area contributed by atoms with E-state index in [9.17, 15) is 8.78 Å². The Hall–Kier alpha value is -1.15. The lowest BCUT2D eigenvalue weighted by molar-refractivity contribution is 0.0257. The minimum atomic E-state index is -2.64. The van der Waals surface area contributed by atoms with Crippen molar-refractivity contribution in [2.75, 3.05) is 18.0 Å². The van der Waals surface area contributed by atoms with Gasteiger partial charge in [0.15, 0.2) is 0 Å². The molecule has 1 heterocycles. The van der Waals surface area contributed by atoms with Crippen molar-refractivity contribution in [1.29, 1.82) is 5.26 Å². The van der Waals surface area contributed by atoms with Crippen molar-refractivity contribution in [2.24, 2.45) is 0 Å². The van der Waals surface area contributed by atoms with Crippen molar-refractivity contribution in [3.8, 4) is 6.07 Å². The minimum absolute atomic E-state index is 0.148. The summed E-state index contributed by atoms with van der Waals surface area (Å²) in [4.78, 5) is 1.56. The number of hydrogen-bond donors (Lipinski definition) is 0. The van der Waals surface area contributed by atoms with Gasteiger partial charge in [-0.25, -0.2) is 8.78 Å². The number of hydrogen-bond acceptors (Lipinski definition) is 2. The van der Waals surface area contributed by atoms with Crippen LogP contribution in [0.4, 0.5) is 14.5 Å². The molecule has 1 aromatic rings. The summed E-state index contributed by atoms with van der Waals surface area (Å²) in [5.74, 6) is -2.64. The van der Waals surface area contributed by atoms with E-state index < -0.39 is 5.92 Å². The van der Waals surface area contributed by atoms with Crippen molar-refractivity contribution in [3.05, 3.63) is 28.2 Å². The molecule has 1 aromatic carbocycles. The van der Waals surface area contributed by atoms with Crippen LogP contribution >= 0.6 is 15.9 Å². The molecule has 2 rings (SSSR count). The Kier molecular flexibility index (Phi) is 2.85. The van der Waals surface area contributed by atoms with Crippen LogP contribution in [-0.4, -0.2) is 19.0 Å². The van der Waals surface area contributed by atoms with Crippen LogP contribution in [0.15, 0.2) is 22.7 Å². The van der Waals surface area contributed by atoms with Crippen LogP contribution in [0.1, 0.15) is 12.0 Å². The maximum absolute atomic E-state index is 13.1. The van der Waals surface area contributed by atoms with Gasteiger partial charge in [-0.05, 0) is 28.1 Å². The predicted molar refractivity (Wildman–Crippen MR) is 60.6 cm³/mol. The summed E-state index contributed by atoms with van der Waals surface area (Å²) in [5.41, 5.74) is 0.995. The maximum Gasteiger partial charge on any atom is 0.266 e. The summed E-state index contributed by atoms with van der Waals surface area (Å²) in [7, 11) is 0. The van der Waals surface area contributed by atoms with Gasteiger partial charge in [0.25, 0.3) is 5.92 Å².